The normalized spacial score (nSPS) is 10.2. The van der Waals surface area contributed by atoms with E-state index in [4.69, 9.17) is 4.74 Å². The molecule has 3 N–H and O–H groups in total. The van der Waals surface area contributed by atoms with Gasteiger partial charge in [0.1, 0.15) is 11.6 Å². The van der Waals surface area contributed by atoms with Gasteiger partial charge >= 0.3 is 0 Å². The van der Waals surface area contributed by atoms with E-state index in [2.05, 4.69) is 31.1 Å². The third-order valence-corrected chi connectivity index (χ3v) is 4.15. The lowest BCUT2D eigenvalue weighted by Gasteiger charge is -2.08. The number of aromatic nitrogens is 3. The average molecular weight is 392 g/mol. The Hall–Kier alpha value is -3.68. The van der Waals surface area contributed by atoms with Gasteiger partial charge in [-0.2, -0.15) is 0 Å². The van der Waals surface area contributed by atoms with Gasteiger partial charge in [-0.25, -0.2) is 0 Å². The molecule has 0 aliphatic rings. The monoisotopic (exact) mass is 392 g/mol. The zero-order valence-corrected chi connectivity index (χ0v) is 16.3. The first kappa shape index (κ1) is 20.1. The van der Waals surface area contributed by atoms with Gasteiger partial charge in [0, 0.05) is 25.7 Å². The van der Waals surface area contributed by atoms with Gasteiger partial charge in [-0.05, 0) is 48.4 Å². The van der Waals surface area contributed by atoms with Crippen LogP contribution in [-0.4, -0.2) is 41.3 Å². The molecular weight excluding hydrogens is 368 g/mol. The highest BCUT2D eigenvalue weighted by Gasteiger charge is 2.03. The molecule has 2 heterocycles. The van der Waals surface area contributed by atoms with E-state index in [9.17, 15) is 4.79 Å². The maximum atomic E-state index is 12.0. The summed E-state index contributed by atoms with van der Waals surface area (Å²) in [5.74, 6) is 2.11. The molecule has 0 aliphatic heterocycles. The van der Waals surface area contributed by atoms with E-state index < -0.39 is 0 Å². The largest absolute Gasteiger partial charge is 0.497 e. The van der Waals surface area contributed by atoms with E-state index in [0.29, 0.717) is 37.6 Å². The fraction of sp³-hybridized carbons (Fsp3) is 0.238. The Bertz CT molecular complexity index is 885. The number of carbonyl (C=O) groups is 1. The summed E-state index contributed by atoms with van der Waals surface area (Å²) < 4.78 is 5.13. The predicted octanol–water partition coefficient (Wildman–Crippen LogP) is 2.78. The minimum absolute atomic E-state index is 0.0183. The SMILES string of the molecule is COc1ccc(CCC(=O)NCCNc2ccc(Nc3cccnc3)nn2)cc1. The fourth-order valence-electron chi connectivity index (χ4n) is 2.61. The Kier molecular flexibility index (Phi) is 7.34. The second-order valence-electron chi connectivity index (χ2n) is 6.30. The van der Waals surface area contributed by atoms with E-state index in [1.807, 2.05) is 48.5 Å². The topological polar surface area (TPSA) is 101 Å². The summed E-state index contributed by atoms with van der Waals surface area (Å²) in [5, 5.41) is 17.4. The molecule has 0 atom stereocenters. The van der Waals surface area contributed by atoms with Crippen molar-refractivity contribution < 1.29 is 9.53 Å². The first-order valence-corrected chi connectivity index (χ1v) is 9.37. The van der Waals surface area contributed by atoms with Crippen molar-refractivity contribution in [1.82, 2.24) is 20.5 Å². The number of anilines is 3. The van der Waals surface area contributed by atoms with Crippen molar-refractivity contribution in [2.75, 3.05) is 30.8 Å². The van der Waals surface area contributed by atoms with Crippen LogP contribution in [0, 0.1) is 0 Å². The molecule has 0 spiro atoms. The second-order valence-corrected chi connectivity index (χ2v) is 6.30. The summed E-state index contributed by atoms with van der Waals surface area (Å²) in [5.41, 5.74) is 1.95. The summed E-state index contributed by atoms with van der Waals surface area (Å²) >= 11 is 0. The molecule has 1 amide bonds. The number of methoxy groups -OCH3 is 1. The van der Waals surface area contributed by atoms with Crippen LogP contribution in [-0.2, 0) is 11.2 Å². The van der Waals surface area contributed by atoms with E-state index in [1.54, 1.807) is 19.5 Å². The summed E-state index contributed by atoms with van der Waals surface area (Å²) in [6.45, 7) is 1.08. The van der Waals surface area contributed by atoms with E-state index in [-0.39, 0.29) is 5.91 Å². The Morgan fingerprint density at radius 3 is 2.48 bits per heavy atom. The van der Waals surface area contributed by atoms with Crippen LogP contribution in [0.4, 0.5) is 17.3 Å². The number of aryl methyl sites for hydroxylation is 1. The number of ether oxygens (including phenoxy) is 1. The summed E-state index contributed by atoms with van der Waals surface area (Å²) in [6, 6.07) is 15.1. The smallest absolute Gasteiger partial charge is 0.220 e. The number of hydrogen-bond acceptors (Lipinski definition) is 7. The third-order valence-electron chi connectivity index (χ3n) is 4.15. The van der Waals surface area contributed by atoms with Crippen molar-refractivity contribution in [3.8, 4) is 5.75 Å². The lowest BCUT2D eigenvalue weighted by Crippen LogP contribution is -2.29. The van der Waals surface area contributed by atoms with Crippen LogP contribution in [0.3, 0.4) is 0 Å². The highest BCUT2D eigenvalue weighted by molar-refractivity contribution is 5.76. The van der Waals surface area contributed by atoms with Crippen LogP contribution in [0.25, 0.3) is 0 Å². The molecule has 0 radical (unpaired) electrons. The van der Waals surface area contributed by atoms with Crippen molar-refractivity contribution in [2.45, 2.75) is 12.8 Å². The molecule has 0 bridgehead atoms. The molecule has 3 rings (SSSR count). The summed E-state index contributed by atoms with van der Waals surface area (Å²) in [4.78, 5) is 16.0. The molecule has 3 aromatic rings. The van der Waals surface area contributed by atoms with E-state index in [0.717, 1.165) is 17.0 Å². The Morgan fingerprint density at radius 2 is 1.79 bits per heavy atom. The number of pyridine rings is 1. The molecule has 0 fully saturated rings. The maximum absolute atomic E-state index is 12.0. The number of hydrogen-bond donors (Lipinski definition) is 3. The number of amides is 1. The number of benzene rings is 1. The molecule has 0 unspecified atom stereocenters. The lowest BCUT2D eigenvalue weighted by molar-refractivity contribution is -0.120. The molecule has 0 saturated carbocycles. The van der Waals surface area contributed by atoms with Gasteiger partial charge in [0.05, 0.1) is 19.0 Å². The summed E-state index contributed by atoms with van der Waals surface area (Å²) in [7, 11) is 1.63. The minimum Gasteiger partial charge on any atom is -0.497 e. The quantitative estimate of drug-likeness (QED) is 0.456. The molecule has 150 valence electrons. The average Bonchev–Trinajstić information content (AvgIpc) is 2.77. The maximum Gasteiger partial charge on any atom is 0.220 e. The number of carbonyl (C=O) groups excluding carboxylic acids is 1. The van der Waals surface area contributed by atoms with Crippen LogP contribution in [0.1, 0.15) is 12.0 Å². The van der Waals surface area contributed by atoms with Gasteiger partial charge < -0.3 is 20.7 Å². The number of nitrogens with zero attached hydrogens (tertiary/aromatic N) is 3. The molecule has 0 aliphatic carbocycles. The standard InChI is InChI=1S/C21H24N6O2/c1-29-18-7-4-16(5-8-18)6-11-21(28)24-14-13-23-19-9-10-20(27-26-19)25-17-3-2-12-22-15-17/h2-5,7-10,12,15H,6,11,13-14H2,1H3,(H,23,26)(H,24,28)(H,25,27). The van der Waals surface area contributed by atoms with Crippen LogP contribution in [0.2, 0.25) is 0 Å². The van der Waals surface area contributed by atoms with Crippen LogP contribution in [0.5, 0.6) is 5.75 Å². The zero-order valence-electron chi connectivity index (χ0n) is 16.3. The Labute approximate surface area is 169 Å². The van der Waals surface area contributed by atoms with Gasteiger partial charge in [0.15, 0.2) is 5.82 Å². The number of nitrogens with one attached hydrogen (secondary N) is 3. The van der Waals surface area contributed by atoms with Gasteiger partial charge in [0.25, 0.3) is 0 Å². The summed E-state index contributed by atoms with van der Waals surface area (Å²) in [6.07, 6.45) is 4.56. The Morgan fingerprint density at radius 1 is 1.00 bits per heavy atom. The first-order valence-electron chi connectivity index (χ1n) is 9.37. The minimum atomic E-state index is 0.0183. The Balaban J connectivity index is 1.32. The number of rotatable bonds is 10. The predicted molar refractivity (Wildman–Crippen MR) is 112 cm³/mol. The van der Waals surface area contributed by atoms with Crippen LogP contribution in [0.15, 0.2) is 60.9 Å². The van der Waals surface area contributed by atoms with Gasteiger partial charge in [-0.15, -0.1) is 10.2 Å². The van der Waals surface area contributed by atoms with Crippen LogP contribution < -0.4 is 20.7 Å². The molecule has 0 saturated heterocycles. The van der Waals surface area contributed by atoms with Gasteiger partial charge in [0.2, 0.25) is 5.91 Å². The van der Waals surface area contributed by atoms with Crippen molar-refractivity contribution in [3.63, 3.8) is 0 Å². The van der Waals surface area contributed by atoms with Crippen molar-refractivity contribution >= 4 is 23.2 Å². The first-order chi connectivity index (χ1) is 14.2. The van der Waals surface area contributed by atoms with E-state index in [1.165, 1.54) is 0 Å². The molecule has 8 nitrogen and oxygen atoms in total. The molecule has 2 aromatic heterocycles. The third kappa shape index (κ3) is 6.76. The van der Waals surface area contributed by atoms with Crippen molar-refractivity contribution in [3.05, 3.63) is 66.5 Å². The van der Waals surface area contributed by atoms with Gasteiger partial charge in [-0.3, -0.25) is 9.78 Å². The lowest BCUT2D eigenvalue weighted by atomic mass is 10.1. The second kappa shape index (κ2) is 10.6. The van der Waals surface area contributed by atoms with Crippen LogP contribution >= 0.6 is 0 Å². The molecule has 29 heavy (non-hydrogen) atoms. The van der Waals surface area contributed by atoms with Crippen molar-refractivity contribution in [1.29, 1.82) is 0 Å². The molecule has 8 heteroatoms. The molecule has 1 aromatic carbocycles. The highest BCUT2D eigenvalue weighted by Crippen LogP contribution is 2.13. The zero-order chi connectivity index (χ0) is 20.3. The highest BCUT2D eigenvalue weighted by atomic mass is 16.5. The van der Waals surface area contributed by atoms with Gasteiger partial charge in [-0.1, -0.05) is 12.1 Å². The van der Waals surface area contributed by atoms with E-state index >= 15 is 0 Å². The fourth-order valence-corrected chi connectivity index (χ4v) is 2.61. The van der Waals surface area contributed by atoms with Crippen molar-refractivity contribution in [2.24, 2.45) is 0 Å². The molecular formula is C21H24N6O2.